The summed E-state index contributed by atoms with van der Waals surface area (Å²) in [5, 5.41) is 7.25. The second kappa shape index (κ2) is 6.78. The van der Waals surface area contributed by atoms with Gasteiger partial charge in [0.05, 0.1) is 6.61 Å². The van der Waals surface area contributed by atoms with Gasteiger partial charge in [-0.3, -0.25) is 4.90 Å². The summed E-state index contributed by atoms with van der Waals surface area (Å²) in [7, 11) is 1.88. The van der Waals surface area contributed by atoms with Crippen molar-refractivity contribution in [1.82, 2.24) is 20.1 Å². The number of carbonyl (C=O) groups excluding carboxylic acids is 1. The van der Waals surface area contributed by atoms with Crippen LogP contribution in [0, 0.1) is 0 Å². The van der Waals surface area contributed by atoms with Crippen LogP contribution in [0.25, 0.3) is 11.4 Å². The minimum absolute atomic E-state index is 0.0579. The molecule has 1 N–H and O–H groups in total. The van der Waals surface area contributed by atoms with Crippen molar-refractivity contribution < 1.29 is 9.53 Å². The van der Waals surface area contributed by atoms with Crippen LogP contribution in [0.4, 0.5) is 10.5 Å². The standard InChI is InChI=1S/C16H21N5O2/c1-3-23-10-7-14-18-15(20(2)19-14)12-5-4-6-13(11-12)21-9-8-17-16(21)22/h4-6,11H,3,7-10H2,1-2H3,(H,17,22). The Hall–Kier alpha value is -2.41. The molecule has 7 nitrogen and oxygen atoms in total. The number of hydrogen-bond donors (Lipinski definition) is 1. The van der Waals surface area contributed by atoms with Gasteiger partial charge in [-0.15, -0.1) is 0 Å². The SMILES string of the molecule is CCOCCc1nc(-c2cccc(N3CCNC3=O)c2)n(C)n1. The molecule has 0 spiro atoms. The number of urea groups is 1. The van der Waals surface area contributed by atoms with Crippen molar-refractivity contribution in [3.63, 3.8) is 0 Å². The van der Waals surface area contributed by atoms with E-state index in [0.29, 0.717) is 32.7 Å². The van der Waals surface area contributed by atoms with Gasteiger partial charge in [0.15, 0.2) is 11.6 Å². The first-order valence-electron chi connectivity index (χ1n) is 7.82. The van der Waals surface area contributed by atoms with Gasteiger partial charge >= 0.3 is 6.03 Å². The quantitative estimate of drug-likeness (QED) is 0.822. The van der Waals surface area contributed by atoms with Crippen LogP contribution in [0.3, 0.4) is 0 Å². The largest absolute Gasteiger partial charge is 0.381 e. The van der Waals surface area contributed by atoms with Crippen LogP contribution in [0.1, 0.15) is 12.7 Å². The third-order valence-electron chi connectivity index (χ3n) is 3.75. The molecular weight excluding hydrogens is 294 g/mol. The van der Waals surface area contributed by atoms with Crippen molar-refractivity contribution in [2.24, 2.45) is 7.05 Å². The zero-order valence-corrected chi connectivity index (χ0v) is 13.5. The van der Waals surface area contributed by atoms with E-state index in [9.17, 15) is 4.79 Å². The highest BCUT2D eigenvalue weighted by Crippen LogP contribution is 2.24. The summed E-state index contributed by atoms with van der Waals surface area (Å²) >= 11 is 0. The minimum Gasteiger partial charge on any atom is -0.381 e. The normalized spacial score (nSPS) is 14.3. The molecule has 0 saturated carbocycles. The summed E-state index contributed by atoms with van der Waals surface area (Å²) in [6, 6.07) is 7.76. The molecule has 1 aromatic carbocycles. The van der Waals surface area contributed by atoms with Crippen molar-refractivity contribution in [2.45, 2.75) is 13.3 Å². The lowest BCUT2D eigenvalue weighted by atomic mass is 10.2. The molecule has 0 radical (unpaired) electrons. The molecule has 7 heteroatoms. The third kappa shape index (κ3) is 3.34. The van der Waals surface area contributed by atoms with Gasteiger partial charge in [-0.1, -0.05) is 12.1 Å². The summed E-state index contributed by atoms with van der Waals surface area (Å²) in [6.45, 7) is 4.64. The summed E-state index contributed by atoms with van der Waals surface area (Å²) in [5.41, 5.74) is 1.82. The van der Waals surface area contributed by atoms with Gasteiger partial charge in [0.2, 0.25) is 0 Å². The lowest BCUT2D eigenvalue weighted by Gasteiger charge is -2.14. The van der Waals surface area contributed by atoms with E-state index in [1.165, 1.54) is 0 Å². The maximum atomic E-state index is 11.8. The van der Waals surface area contributed by atoms with E-state index in [1.54, 1.807) is 9.58 Å². The van der Waals surface area contributed by atoms with Gasteiger partial charge in [0.1, 0.15) is 0 Å². The summed E-state index contributed by atoms with van der Waals surface area (Å²) in [4.78, 5) is 18.1. The first-order chi connectivity index (χ1) is 11.2. The Morgan fingerprint density at radius 3 is 3.00 bits per heavy atom. The fourth-order valence-electron chi connectivity index (χ4n) is 2.63. The van der Waals surface area contributed by atoms with Gasteiger partial charge in [-0.2, -0.15) is 5.10 Å². The van der Waals surface area contributed by atoms with Crippen molar-refractivity contribution >= 4 is 11.7 Å². The highest BCUT2D eigenvalue weighted by atomic mass is 16.5. The predicted molar refractivity (Wildman–Crippen MR) is 87.4 cm³/mol. The zero-order valence-electron chi connectivity index (χ0n) is 13.5. The molecule has 122 valence electrons. The molecule has 2 amide bonds. The van der Waals surface area contributed by atoms with Crippen molar-refractivity contribution in [2.75, 3.05) is 31.2 Å². The Morgan fingerprint density at radius 2 is 2.26 bits per heavy atom. The molecule has 3 rings (SSSR count). The molecule has 1 aliphatic heterocycles. The Morgan fingerprint density at radius 1 is 1.39 bits per heavy atom. The minimum atomic E-state index is -0.0579. The highest BCUT2D eigenvalue weighted by Gasteiger charge is 2.21. The molecule has 1 aromatic heterocycles. The Labute approximate surface area is 135 Å². The summed E-state index contributed by atoms with van der Waals surface area (Å²) in [5.74, 6) is 1.55. The maximum Gasteiger partial charge on any atom is 0.321 e. The number of benzene rings is 1. The number of anilines is 1. The summed E-state index contributed by atoms with van der Waals surface area (Å²) in [6.07, 6.45) is 0.690. The van der Waals surface area contributed by atoms with Crippen molar-refractivity contribution in [3.8, 4) is 11.4 Å². The molecule has 1 saturated heterocycles. The van der Waals surface area contributed by atoms with Gasteiger partial charge in [0, 0.05) is 44.4 Å². The van der Waals surface area contributed by atoms with Gasteiger partial charge in [-0.25, -0.2) is 14.5 Å². The van der Waals surface area contributed by atoms with Gasteiger partial charge in [-0.05, 0) is 19.1 Å². The maximum absolute atomic E-state index is 11.8. The van der Waals surface area contributed by atoms with E-state index in [-0.39, 0.29) is 6.03 Å². The molecule has 0 atom stereocenters. The Kier molecular flexibility index (Phi) is 4.57. The second-order valence-electron chi connectivity index (χ2n) is 5.36. The van der Waals surface area contributed by atoms with Crippen LogP contribution in [0.2, 0.25) is 0 Å². The van der Waals surface area contributed by atoms with E-state index in [0.717, 1.165) is 22.9 Å². The zero-order chi connectivity index (χ0) is 16.2. The van der Waals surface area contributed by atoms with Crippen LogP contribution < -0.4 is 10.2 Å². The molecule has 1 aliphatic rings. The Bertz CT molecular complexity index is 698. The van der Waals surface area contributed by atoms with E-state index in [2.05, 4.69) is 15.4 Å². The van der Waals surface area contributed by atoms with Gasteiger partial charge < -0.3 is 10.1 Å². The third-order valence-corrected chi connectivity index (χ3v) is 3.75. The smallest absolute Gasteiger partial charge is 0.321 e. The summed E-state index contributed by atoms with van der Waals surface area (Å²) < 4.78 is 7.12. The monoisotopic (exact) mass is 315 g/mol. The van der Waals surface area contributed by atoms with Crippen LogP contribution in [0.5, 0.6) is 0 Å². The topological polar surface area (TPSA) is 72.3 Å². The Balaban J connectivity index is 1.83. The molecule has 0 unspecified atom stereocenters. The number of carbonyl (C=O) groups is 1. The highest BCUT2D eigenvalue weighted by molar-refractivity contribution is 5.94. The lowest BCUT2D eigenvalue weighted by Crippen LogP contribution is -2.27. The first-order valence-corrected chi connectivity index (χ1v) is 7.82. The number of ether oxygens (including phenoxy) is 1. The predicted octanol–water partition coefficient (Wildman–Crippen LogP) is 1.59. The number of aryl methyl sites for hydroxylation is 1. The van der Waals surface area contributed by atoms with Crippen LogP contribution in [-0.2, 0) is 18.2 Å². The molecule has 23 heavy (non-hydrogen) atoms. The molecular formula is C16H21N5O2. The molecule has 0 aliphatic carbocycles. The number of hydrogen-bond acceptors (Lipinski definition) is 4. The van der Waals surface area contributed by atoms with E-state index in [1.807, 2.05) is 38.2 Å². The molecule has 2 heterocycles. The number of nitrogens with one attached hydrogen (secondary N) is 1. The van der Waals surface area contributed by atoms with Crippen molar-refractivity contribution in [1.29, 1.82) is 0 Å². The molecule has 0 bridgehead atoms. The number of aromatic nitrogens is 3. The van der Waals surface area contributed by atoms with Crippen LogP contribution in [-0.4, -0.2) is 47.1 Å². The fourth-order valence-corrected chi connectivity index (χ4v) is 2.63. The number of nitrogens with zero attached hydrogens (tertiary/aromatic N) is 4. The molecule has 2 aromatic rings. The van der Waals surface area contributed by atoms with E-state index < -0.39 is 0 Å². The lowest BCUT2D eigenvalue weighted by molar-refractivity contribution is 0.149. The van der Waals surface area contributed by atoms with Crippen LogP contribution in [0.15, 0.2) is 24.3 Å². The first kappa shape index (κ1) is 15.5. The van der Waals surface area contributed by atoms with Gasteiger partial charge in [0.25, 0.3) is 0 Å². The van der Waals surface area contributed by atoms with E-state index >= 15 is 0 Å². The number of rotatable bonds is 6. The second-order valence-corrected chi connectivity index (χ2v) is 5.36. The average molecular weight is 315 g/mol. The molecule has 1 fully saturated rings. The van der Waals surface area contributed by atoms with Crippen LogP contribution >= 0.6 is 0 Å². The average Bonchev–Trinajstić information content (AvgIpc) is 3.14. The van der Waals surface area contributed by atoms with E-state index in [4.69, 9.17) is 4.74 Å². The number of amides is 2. The fraction of sp³-hybridized carbons (Fsp3) is 0.438. The van der Waals surface area contributed by atoms with Crippen molar-refractivity contribution in [3.05, 3.63) is 30.1 Å².